The van der Waals surface area contributed by atoms with Crippen molar-refractivity contribution in [3.8, 4) is 11.1 Å². The van der Waals surface area contributed by atoms with E-state index in [2.05, 4.69) is 29.6 Å². The summed E-state index contributed by atoms with van der Waals surface area (Å²) in [6.45, 7) is 0.379. The number of nitrogens with one attached hydrogen (secondary N) is 1. The molecule has 0 saturated carbocycles. The summed E-state index contributed by atoms with van der Waals surface area (Å²) in [5.41, 5.74) is 4.58. The highest BCUT2D eigenvalue weighted by molar-refractivity contribution is 5.87. The average molecular weight is 481 g/mol. The molecular formula is C26H28N2O7. The maximum atomic E-state index is 12.8. The SMILES string of the molecule is O=C(NCC1CCC(C(=O)N2CC(O)CC2C(=O)O)O1)OCC1c2ccccc2-c2ccccc21. The number of aliphatic hydroxyl groups is 1. The first-order chi connectivity index (χ1) is 16.9. The van der Waals surface area contributed by atoms with Gasteiger partial charge in [0.15, 0.2) is 0 Å². The van der Waals surface area contributed by atoms with Gasteiger partial charge in [0.05, 0.1) is 12.2 Å². The van der Waals surface area contributed by atoms with Crippen LogP contribution in [0.3, 0.4) is 0 Å². The minimum Gasteiger partial charge on any atom is -0.480 e. The van der Waals surface area contributed by atoms with Gasteiger partial charge >= 0.3 is 12.1 Å². The maximum absolute atomic E-state index is 12.8. The average Bonchev–Trinajstić information content (AvgIpc) is 3.57. The minimum atomic E-state index is -1.14. The van der Waals surface area contributed by atoms with Crippen LogP contribution in [0, 0.1) is 0 Å². The maximum Gasteiger partial charge on any atom is 0.407 e. The molecule has 2 aliphatic heterocycles. The van der Waals surface area contributed by atoms with Crippen LogP contribution >= 0.6 is 0 Å². The predicted molar refractivity (Wildman–Crippen MR) is 125 cm³/mol. The Bertz CT molecular complexity index is 1090. The molecule has 4 unspecified atom stereocenters. The van der Waals surface area contributed by atoms with Crippen LogP contribution in [0.2, 0.25) is 0 Å². The van der Waals surface area contributed by atoms with E-state index in [1.165, 1.54) is 4.90 Å². The van der Waals surface area contributed by atoms with Crippen molar-refractivity contribution in [1.82, 2.24) is 10.2 Å². The van der Waals surface area contributed by atoms with E-state index in [9.17, 15) is 24.6 Å². The third-order valence-electron chi connectivity index (χ3n) is 7.05. The van der Waals surface area contributed by atoms with Crippen molar-refractivity contribution in [2.45, 2.75) is 49.5 Å². The van der Waals surface area contributed by atoms with Gasteiger partial charge in [0, 0.05) is 25.4 Å². The van der Waals surface area contributed by atoms with Gasteiger partial charge in [-0.25, -0.2) is 9.59 Å². The number of fused-ring (bicyclic) bond motifs is 3. The molecule has 3 aliphatic rings. The van der Waals surface area contributed by atoms with E-state index in [-0.39, 0.29) is 38.1 Å². The van der Waals surface area contributed by atoms with Crippen molar-refractivity contribution in [2.75, 3.05) is 19.7 Å². The van der Waals surface area contributed by atoms with Crippen LogP contribution in [0.1, 0.15) is 36.3 Å². The second kappa shape index (κ2) is 9.67. The number of nitrogens with zero attached hydrogens (tertiary/aromatic N) is 1. The second-order valence-corrected chi connectivity index (χ2v) is 9.26. The van der Waals surface area contributed by atoms with Crippen molar-refractivity contribution in [3.63, 3.8) is 0 Å². The number of carbonyl (C=O) groups excluding carboxylic acids is 2. The van der Waals surface area contributed by atoms with Crippen molar-refractivity contribution in [1.29, 1.82) is 0 Å². The Balaban J connectivity index is 1.11. The summed E-state index contributed by atoms with van der Waals surface area (Å²) in [6, 6.07) is 15.2. The number of aliphatic carboxylic acids is 1. The molecule has 5 rings (SSSR count). The number of aliphatic hydroxyl groups excluding tert-OH is 1. The number of hydrogen-bond donors (Lipinski definition) is 3. The number of ether oxygens (including phenoxy) is 2. The molecule has 2 fully saturated rings. The summed E-state index contributed by atoms with van der Waals surface area (Å²) in [7, 11) is 0. The molecule has 4 atom stereocenters. The Morgan fingerprint density at radius 1 is 1.03 bits per heavy atom. The third-order valence-corrected chi connectivity index (χ3v) is 7.05. The number of benzene rings is 2. The van der Waals surface area contributed by atoms with Gasteiger partial charge in [-0.3, -0.25) is 4.79 Å². The summed E-state index contributed by atoms with van der Waals surface area (Å²) < 4.78 is 11.3. The zero-order valence-corrected chi connectivity index (χ0v) is 19.1. The summed E-state index contributed by atoms with van der Waals surface area (Å²) in [4.78, 5) is 37.7. The van der Waals surface area contributed by atoms with Gasteiger partial charge in [-0.1, -0.05) is 48.5 Å². The largest absolute Gasteiger partial charge is 0.480 e. The number of alkyl carbamates (subject to hydrolysis) is 1. The van der Waals surface area contributed by atoms with E-state index >= 15 is 0 Å². The van der Waals surface area contributed by atoms with Gasteiger partial charge in [-0.2, -0.15) is 0 Å². The number of hydrogen-bond acceptors (Lipinski definition) is 6. The molecule has 35 heavy (non-hydrogen) atoms. The Morgan fingerprint density at radius 3 is 2.34 bits per heavy atom. The number of β-amino-alcohol motifs (C(OH)–C–C–N with tert-alkyl or cyclic N) is 1. The number of carboxylic acids is 1. The van der Waals surface area contributed by atoms with E-state index in [0.29, 0.717) is 12.8 Å². The van der Waals surface area contributed by atoms with Crippen LogP contribution in [0.25, 0.3) is 11.1 Å². The molecule has 2 aromatic rings. The van der Waals surface area contributed by atoms with Gasteiger partial charge in [0.2, 0.25) is 0 Å². The minimum absolute atomic E-state index is 0.0144. The Morgan fingerprint density at radius 2 is 1.69 bits per heavy atom. The lowest BCUT2D eigenvalue weighted by Gasteiger charge is -2.24. The van der Waals surface area contributed by atoms with Gasteiger partial charge in [0.25, 0.3) is 5.91 Å². The number of carboxylic acid groups (broad SMARTS) is 1. The van der Waals surface area contributed by atoms with Crippen molar-refractivity contribution in [3.05, 3.63) is 59.7 Å². The lowest BCUT2D eigenvalue weighted by Crippen LogP contribution is -2.46. The second-order valence-electron chi connectivity index (χ2n) is 9.26. The van der Waals surface area contributed by atoms with Crippen LogP contribution in [0.15, 0.2) is 48.5 Å². The Kier molecular flexibility index (Phi) is 6.44. The van der Waals surface area contributed by atoms with Crippen LogP contribution < -0.4 is 5.32 Å². The smallest absolute Gasteiger partial charge is 0.407 e. The highest BCUT2D eigenvalue weighted by Gasteiger charge is 2.43. The fourth-order valence-electron chi connectivity index (χ4n) is 5.36. The first kappa shape index (κ1) is 23.3. The molecule has 2 heterocycles. The monoisotopic (exact) mass is 480 g/mol. The van der Waals surface area contributed by atoms with Crippen LogP contribution in [-0.4, -0.2) is 77.1 Å². The molecule has 2 saturated heterocycles. The van der Waals surface area contributed by atoms with Crippen LogP contribution in [0.4, 0.5) is 4.79 Å². The molecular weight excluding hydrogens is 452 g/mol. The van der Waals surface area contributed by atoms with Gasteiger partial charge in [0.1, 0.15) is 18.8 Å². The van der Waals surface area contributed by atoms with Gasteiger partial charge in [-0.15, -0.1) is 0 Å². The molecule has 0 bridgehead atoms. The first-order valence-electron chi connectivity index (χ1n) is 11.9. The zero-order chi connectivity index (χ0) is 24.5. The highest BCUT2D eigenvalue weighted by Crippen LogP contribution is 2.44. The number of amides is 2. The van der Waals surface area contributed by atoms with E-state index in [1.807, 2.05) is 24.3 Å². The number of rotatable bonds is 6. The Labute approximate surface area is 202 Å². The van der Waals surface area contributed by atoms with Crippen molar-refractivity contribution in [2.24, 2.45) is 0 Å². The predicted octanol–water partition coefficient (Wildman–Crippen LogP) is 2.12. The van der Waals surface area contributed by atoms with E-state index in [4.69, 9.17) is 9.47 Å². The summed E-state index contributed by atoms with van der Waals surface area (Å²) >= 11 is 0. The molecule has 184 valence electrons. The lowest BCUT2D eigenvalue weighted by molar-refractivity contribution is -0.153. The van der Waals surface area contributed by atoms with Crippen LogP contribution in [-0.2, 0) is 19.1 Å². The normalized spacial score (nSPS) is 25.2. The third kappa shape index (κ3) is 4.61. The Hall–Kier alpha value is -3.43. The van der Waals surface area contributed by atoms with Crippen molar-refractivity contribution >= 4 is 18.0 Å². The van der Waals surface area contributed by atoms with E-state index < -0.39 is 36.2 Å². The fourth-order valence-corrected chi connectivity index (χ4v) is 5.36. The number of likely N-dealkylation sites (tertiary alicyclic amines) is 1. The molecule has 1 aliphatic carbocycles. The molecule has 9 nitrogen and oxygen atoms in total. The quantitative estimate of drug-likeness (QED) is 0.578. The molecule has 2 aromatic carbocycles. The summed E-state index contributed by atoms with van der Waals surface area (Å²) in [5.74, 6) is -1.60. The standard InChI is InChI=1S/C26H28N2O7/c29-15-11-22(25(31)32)28(13-15)24(30)23-10-9-16(35-23)12-27-26(33)34-14-21-19-7-3-1-5-17(19)18-6-2-4-8-20(18)21/h1-8,15-16,21-23,29H,9-14H2,(H,27,33)(H,31,32). The van der Waals surface area contributed by atoms with Crippen molar-refractivity contribution < 1.29 is 34.1 Å². The van der Waals surface area contributed by atoms with Crippen LogP contribution in [0.5, 0.6) is 0 Å². The zero-order valence-electron chi connectivity index (χ0n) is 19.1. The molecule has 3 N–H and O–H groups in total. The summed E-state index contributed by atoms with van der Waals surface area (Å²) in [6.07, 6.45) is -1.58. The lowest BCUT2D eigenvalue weighted by atomic mass is 9.98. The first-order valence-corrected chi connectivity index (χ1v) is 11.9. The fraction of sp³-hybridized carbons (Fsp3) is 0.423. The van der Waals surface area contributed by atoms with E-state index in [1.54, 1.807) is 0 Å². The molecule has 0 spiro atoms. The number of carbonyl (C=O) groups is 3. The molecule has 0 aromatic heterocycles. The molecule has 9 heteroatoms. The van der Waals surface area contributed by atoms with Gasteiger partial charge < -0.3 is 29.9 Å². The molecule has 2 amide bonds. The molecule has 0 radical (unpaired) electrons. The topological polar surface area (TPSA) is 125 Å². The van der Waals surface area contributed by atoms with Gasteiger partial charge in [-0.05, 0) is 35.1 Å². The van der Waals surface area contributed by atoms with E-state index in [0.717, 1.165) is 22.3 Å². The summed E-state index contributed by atoms with van der Waals surface area (Å²) in [5, 5.41) is 21.8. The highest BCUT2D eigenvalue weighted by atomic mass is 16.6.